The van der Waals surface area contributed by atoms with Gasteiger partial charge in [-0.3, -0.25) is 0 Å². The van der Waals surface area contributed by atoms with Crippen molar-refractivity contribution in [2.45, 2.75) is 18.2 Å². The van der Waals surface area contributed by atoms with Crippen molar-refractivity contribution in [3.63, 3.8) is 0 Å². The van der Waals surface area contributed by atoms with Gasteiger partial charge in [0, 0.05) is 10.6 Å². The lowest BCUT2D eigenvalue weighted by Gasteiger charge is -2.05. The predicted molar refractivity (Wildman–Crippen MR) is 75.4 cm³/mol. The van der Waals surface area contributed by atoms with Crippen molar-refractivity contribution in [3.05, 3.63) is 47.9 Å². The Balaban J connectivity index is 1.69. The minimum Gasteiger partial charge on any atom is -0.494 e. The first-order valence-electron chi connectivity index (χ1n) is 6.09. The van der Waals surface area contributed by atoms with E-state index in [1.807, 2.05) is 25.1 Å². The molecule has 0 saturated carbocycles. The molecule has 0 aliphatic rings. The number of thioether (sulfide) groups is 1. The molecule has 98 valence electrons. The average molecular weight is 273 g/mol. The van der Waals surface area contributed by atoms with Crippen molar-refractivity contribution in [3.8, 4) is 11.8 Å². The van der Waals surface area contributed by atoms with E-state index in [0.29, 0.717) is 12.2 Å². The Kier molecular flexibility index (Phi) is 4.93. The predicted octanol–water partition coefficient (Wildman–Crippen LogP) is 4.02. The van der Waals surface area contributed by atoms with E-state index < -0.39 is 0 Å². The molecule has 0 atom stereocenters. The highest BCUT2D eigenvalue weighted by Gasteiger charge is 2.01. The van der Waals surface area contributed by atoms with E-state index in [2.05, 4.69) is 6.07 Å². The summed E-state index contributed by atoms with van der Waals surface area (Å²) in [6.07, 6.45) is 2.66. The maximum absolute atomic E-state index is 8.79. The summed E-state index contributed by atoms with van der Waals surface area (Å²) in [5.41, 5.74) is 0.626. The maximum Gasteiger partial charge on any atom is 0.120 e. The van der Waals surface area contributed by atoms with E-state index in [1.54, 1.807) is 30.2 Å². The first-order valence-corrected chi connectivity index (χ1v) is 7.08. The van der Waals surface area contributed by atoms with Crippen LogP contribution in [0, 0.1) is 18.3 Å². The number of furan rings is 1. The molecule has 1 heterocycles. The van der Waals surface area contributed by atoms with Crippen LogP contribution >= 0.6 is 11.8 Å². The number of hydrogen-bond acceptors (Lipinski definition) is 4. The van der Waals surface area contributed by atoms with Crippen molar-refractivity contribution in [2.24, 2.45) is 0 Å². The molecule has 0 fully saturated rings. The third kappa shape index (κ3) is 4.08. The topological polar surface area (TPSA) is 46.2 Å². The second-order valence-electron chi connectivity index (χ2n) is 4.03. The first-order chi connectivity index (χ1) is 9.29. The molecule has 2 rings (SSSR count). The van der Waals surface area contributed by atoms with Crippen LogP contribution in [0.5, 0.6) is 5.75 Å². The molecule has 0 aliphatic carbocycles. The van der Waals surface area contributed by atoms with Crippen LogP contribution in [-0.2, 0) is 0 Å². The number of nitrogens with zero attached hydrogens (tertiary/aromatic N) is 1. The minimum absolute atomic E-state index is 0.626. The zero-order valence-corrected chi connectivity index (χ0v) is 11.6. The Morgan fingerprint density at radius 2 is 2.26 bits per heavy atom. The molecular formula is C15H15NO2S. The largest absolute Gasteiger partial charge is 0.494 e. The fraction of sp³-hybridized carbons (Fsp3) is 0.267. The number of ether oxygens (including phenoxy) is 1. The molecule has 2 aromatic rings. The number of aryl methyl sites for hydroxylation is 1. The number of hydrogen-bond donors (Lipinski definition) is 0. The van der Waals surface area contributed by atoms with Crippen LogP contribution in [0.15, 0.2) is 45.9 Å². The van der Waals surface area contributed by atoms with Gasteiger partial charge in [0.1, 0.15) is 11.5 Å². The van der Waals surface area contributed by atoms with Crippen LogP contribution in [0.25, 0.3) is 0 Å². The number of nitriles is 1. The molecule has 0 spiro atoms. The summed E-state index contributed by atoms with van der Waals surface area (Å²) in [6.45, 7) is 2.62. The normalized spacial score (nSPS) is 10.1. The fourth-order valence-electron chi connectivity index (χ4n) is 1.61. The molecule has 3 nitrogen and oxygen atoms in total. The van der Waals surface area contributed by atoms with Crippen molar-refractivity contribution in [2.75, 3.05) is 12.4 Å². The lowest BCUT2D eigenvalue weighted by molar-refractivity contribution is 0.318. The Hall–Kier alpha value is -1.86. The molecule has 4 heteroatoms. The monoisotopic (exact) mass is 273 g/mol. The van der Waals surface area contributed by atoms with Crippen molar-refractivity contribution < 1.29 is 9.15 Å². The Morgan fingerprint density at radius 1 is 1.37 bits per heavy atom. The SMILES string of the molecule is Cc1occc1SCCCOc1cccc(C#N)c1. The minimum atomic E-state index is 0.626. The zero-order chi connectivity index (χ0) is 13.5. The molecule has 0 saturated heterocycles. The third-order valence-corrected chi connectivity index (χ3v) is 3.82. The van der Waals surface area contributed by atoms with Gasteiger partial charge in [-0.1, -0.05) is 6.07 Å². The Bertz CT molecular complexity index is 572. The third-order valence-electron chi connectivity index (χ3n) is 2.59. The van der Waals surface area contributed by atoms with Crippen LogP contribution < -0.4 is 4.74 Å². The Morgan fingerprint density at radius 3 is 3.00 bits per heavy atom. The molecule has 0 aliphatic heterocycles. The summed E-state index contributed by atoms with van der Waals surface area (Å²) in [6, 6.07) is 11.3. The highest BCUT2D eigenvalue weighted by atomic mass is 32.2. The van der Waals surface area contributed by atoms with Gasteiger partial charge in [-0.15, -0.1) is 11.8 Å². The second-order valence-corrected chi connectivity index (χ2v) is 5.17. The summed E-state index contributed by atoms with van der Waals surface area (Å²) >= 11 is 1.77. The molecule has 0 radical (unpaired) electrons. The van der Waals surface area contributed by atoms with E-state index in [-0.39, 0.29) is 0 Å². The van der Waals surface area contributed by atoms with Crippen LogP contribution in [0.4, 0.5) is 0 Å². The van der Waals surface area contributed by atoms with Crippen molar-refractivity contribution >= 4 is 11.8 Å². The van der Waals surface area contributed by atoms with Gasteiger partial charge in [0.25, 0.3) is 0 Å². The van der Waals surface area contributed by atoms with E-state index in [4.69, 9.17) is 14.4 Å². The maximum atomic E-state index is 8.79. The van der Waals surface area contributed by atoms with Crippen LogP contribution in [0.1, 0.15) is 17.7 Å². The molecule has 0 bridgehead atoms. The standard InChI is InChI=1S/C15H15NO2S/c1-12-15(6-8-17-12)19-9-3-7-18-14-5-2-4-13(10-14)11-16/h2,4-6,8,10H,3,7,9H2,1H3. The van der Waals surface area contributed by atoms with Gasteiger partial charge in [0.05, 0.1) is 24.5 Å². The lowest BCUT2D eigenvalue weighted by Crippen LogP contribution is -1.98. The van der Waals surface area contributed by atoms with E-state index >= 15 is 0 Å². The van der Waals surface area contributed by atoms with Crippen LogP contribution in [0.2, 0.25) is 0 Å². The molecule has 19 heavy (non-hydrogen) atoms. The van der Waals surface area contributed by atoms with Crippen molar-refractivity contribution in [1.29, 1.82) is 5.26 Å². The van der Waals surface area contributed by atoms with Gasteiger partial charge in [-0.2, -0.15) is 5.26 Å². The van der Waals surface area contributed by atoms with Gasteiger partial charge >= 0.3 is 0 Å². The van der Waals surface area contributed by atoms with E-state index in [1.165, 1.54) is 4.90 Å². The molecular weight excluding hydrogens is 258 g/mol. The lowest BCUT2D eigenvalue weighted by atomic mass is 10.2. The summed E-state index contributed by atoms with van der Waals surface area (Å²) in [5.74, 6) is 2.70. The summed E-state index contributed by atoms with van der Waals surface area (Å²) in [5, 5.41) is 8.79. The first kappa shape index (κ1) is 13.6. The van der Waals surface area contributed by atoms with Crippen LogP contribution in [0.3, 0.4) is 0 Å². The molecule has 1 aromatic heterocycles. The van der Waals surface area contributed by atoms with E-state index in [0.717, 1.165) is 23.7 Å². The van der Waals surface area contributed by atoms with Gasteiger partial charge in [-0.05, 0) is 37.6 Å². The van der Waals surface area contributed by atoms with Crippen LogP contribution in [-0.4, -0.2) is 12.4 Å². The quantitative estimate of drug-likeness (QED) is 0.589. The van der Waals surface area contributed by atoms with Gasteiger partial charge in [0.15, 0.2) is 0 Å². The number of rotatable bonds is 6. The molecule has 0 N–H and O–H groups in total. The highest BCUT2D eigenvalue weighted by molar-refractivity contribution is 7.99. The molecule has 0 unspecified atom stereocenters. The Labute approximate surface area is 117 Å². The average Bonchev–Trinajstić information content (AvgIpc) is 2.84. The van der Waals surface area contributed by atoms with Gasteiger partial charge < -0.3 is 9.15 Å². The van der Waals surface area contributed by atoms with Crippen molar-refractivity contribution in [1.82, 2.24) is 0 Å². The highest BCUT2D eigenvalue weighted by Crippen LogP contribution is 2.23. The van der Waals surface area contributed by atoms with E-state index in [9.17, 15) is 0 Å². The summed E-state index contributed by atoms with van der Waals surface area (Å²) in [4.78, 5) is 1.19. The summed E-state index contributed by atoms with van der Waals surface area (Å²) in [7, 11) is 0. The molecule has 1 aromatic carbocycles. The zero-order valence-electron chi connectivity index (χ0n) is 10.8. The smallest absolute Gasteiger partial charge is 0.120 e. The van der Waals surface area contributed by atoms with Gasteiger partial charge in [-0.25, -0.2) is 0 Å². The second kappa shape index (κ2) is 6.91. The molecule has 0 amide bonds. The number of benzene rings is 1. The van der Waals surface area contributed by atoms with Gasteiger partial charge in [0.2, 0.25) is 0 Å². The fourth-order valence-corrected chi connectivity index (χ4v) is 2.49. The summed E-state index contributed by atoms with van der Waals surface area (Å²) < 4.78 is 10.8.